The summed E-state index contributed by atoms with van der Waals surface area (Å²) in [6.07, 6.45) is 4.90. The number of aromatic amines is 1. The largest absolute Gasteiger partial charge is 0.368 e. The molecule has 6 nitrogen and oxygen atoms in total. The number of nitrogens with one attached hydrogen (secondary N) is 2. The first-order chi connectivity index (χ1) is 14.6. The molecule has 1 aliphatic rings. The minimum absolute atomic E-state index is 0.120. The van der Waals surface area contributed by atoms with E-state index in [1.165, 1.54) is 10.9 Å². The van der Waals surface area contributed by atoms with E-state index >= 15 is 0 Å². The lowest BCUT2D eigenvalue weighted by Crippen LogP contribution is -2.47. The molecule has 4 N–H and O–H groups in total. The Hall–Kier alpha value is -3.12. The molecule has 0 bridgehead atoms. The van der Waals surface area contributed by atoms with Crippen molar-refractivity contribution in [3.63, 3.8) is 0 Å². The Morgan fingerprint density at radius 2 is 1.90 bits per heavy atom. The zero-order chi connectivity index (χ0) is 20.9. The minimum Gasteiger partial charge on any atom is -0.368 e. The molecule has 4 rings (SSSR count). The molecule has 3 aromatic rings. The van der Waals surface area contributed by atoms with E-state index in [-0.39, 0.29) is 11.9 Å². The van der Waals surface area contributed by atoms with Crippen LogP contribution < -0.4 is 11.1 Å². The van der Waals surface area contributed by atoms with Gasteiger partial charge in [-0.25, -0.2) is 0 Å². The van der Waals surface area contributed by atoms with Gasteiger partial charge in [0.1, 0.15) is 6.04 Å². The Morgan fingerprint density at radius 1 is 1.13 bits per heavy atom. The number of likely N-dealkylation sites (tertiary alicyclic amines) is 1. The van der Waals surface area contributed by atoms with Crippen LogP contribution in [0.5, 0.6) is 0 Å². The number of amides is 2. The topological polar surface area (TPSA) is 91.2 Å². The molecule has 2 heterocycles. The molecule has 0 unspecified atom stereocenters. The molecule has 2 aromatic carbocycles. The highest BCUT2D eigenvalue weighted by molar-refractivity contribution is 5.87. The summed E-state index contributed by atoms with van der Waals surface area (Å²) in [5.74, 6) is -0.625. The first-order valence-electron chi connectivity index (χ1n) is 10.5. The quantitative estimate of drug-likeness (QED) is 0.539. The van der Waals surface area contributed by atoms with Crippen LogP contribution in [0.15, 0.2) is 60.8 Å². The number of primary amides is 1. The van der Waals surface area contributed by atoms with Crippen molar-refractivity contribution in [2.45, 2.75) is 44.3 Å². The number of para-hydroxylation sites is 1. The summed E-state index contributed by atoms with van der Waals surface area (Å²) >= 11 is 0. The number of nitrogens with zero attached hydrogens (tertiary/aromatic N) is 1. The molecular weight excluding hydrogens is 376 g/mol. The maximum Gasteiger partial charge on any atom is 0.240 e. The lowest BCUT2D eigenvalue weighted by molar-refractivity contribution is -0.128. The number of carbonyl (C=O) groups excluding carboxylic acids is 2. The number of benzene rings is 2. The van der Waals surface area contributed by atoms with Gasteiger partial charge in [-0.15, -0.1) is 0 Å². The van der Waals surface area contributed by atoms with Crippen LogP contribution in [0.2, 0.25) is 0 Å². The number of nitrogens with two attached hydrogens (primary N) is 1. The van der Waals surface area contributed by atoms with E-state index in [0.717, 1.165) is 37.0 Å². The summed E-state index contributed by atoms with van der Waals surface area (Å²) in [6.45, 7) is 1.78. The molecule has 0 saturated carbocycles. The third-order valence-electron chi connectivity index (χ3n) is 5.93. The third kappa shape index (κ3) is 4.71. The summed E-state index contributed by atoms with van der Waals surface area (Å²) in [5.41, 5.74) is 8.90. The van der Waals surface area contributed by atoms with E-state index in [1.54, 1.807) is 0 Å². The number of hydrogen-bond donors (Lipinski definition) is 3. The monoisotopic (exact) mass is 404 g/mol. The highest BCUT2D eigenvalue weighted by Crippen LogP contribution is 2.26. The summed E-state index contributed by atoms with van der Waals surface area (Å²) in [7, 11) is 0. The van der Waals surface area contributed by atoms with Gasteiger partial charge in [0.15, 0.2) is 0 Å². The van der Waals surface area contributed by atoms with Crippen molar-refractivity contribution >= 4 is 22.7 Å². The fourth-order valence-corrected chi connectivity index (χ4v) is 4.36. The third-order valence-corrected chi connectivity index (χ3v) is 5.93. The SMILES string of the molecule is NC(=O)[C@H](Cc1ccccc1)NC(=O)C[C@@H]1CCCN1Cc1c[nH]c2ccccc12. The molecule has 156 valence electrons. The number of rotatable bonds is 8. The van der Waals surface area contributed by atoms with Gasteiger partial charge in [-0.05, 0) is 36.6 Å². The maximum atomic E-state index is 12.7. The van der Waals surface area contributed by atoms with Crippen molar-refractivity contribution in [3.8, 4) is 0 Å². The molecule has 0 radical (unpaired) electrons. The van der Waals surface area contributed by atoms with Crippen molar-refractivity contribution in [2.24, 2.45) is 5.73 Å². The zero-order valence-electron chi connectivity index (χ0n) is 17.0. The summed E-state index contributed by atoms with van der Waals surface area (Å²) in [5, 5.41) is 4.08. The predicted octanol–water partition coefficient (Wildman–Crippen LogP) is 2.74. The molecule has 0 spiro atoms. The number of carbonyl (C=O) groups is 2. The van der Waals surface area contributed by atoms with Crippen LogP contribution in [0.4, 0.5) is 0 Å². The minimum atomic E-state index is -0.691. The summed E-state index contributed by atoms with van der Waals surface area (Å²) < 4.78 is 0. The number of H-pyrrole nitrogens is 1. The van der Waals surface area contributed by atoms with Gasteiger partial charge < -0.3 is 16.0 Å². The van der Waals surface area contributed by atoms with Crippen molar-refractivity contribution in [1.29, 1.82) is 0 Å². The Labute approximate surface area is 176 Å². The van der Waals surface area contributed by atoms with E-state index in [4.69, 9.17) is 5.73 Å². The Kier molecular flexibility index (Phi) is 6.14. The van der Waals surface area contributed by atoms with Crippen LogP contribution in [-0.2, 0) is 22.6 Å². The van der Waals surface area contributed by atoms with Crippen LogP contribution in [0.3, 0.4) is 0 Å². The normalized spacial score (nSPS) is 17.8. The molecule has 1 fully saturated rings. The van der Waals surface area contributed by atoms with Gasteiger partial charge in [-0.3, -0.25) is 14.5 Å². The average Bonchev–Trinajstić information content (AvgIpc) is 3.36. The van der Waals surface area contributed by atoms with Gasteiger partial charge in [0.05, 0.1) is 0 Å². The highest BCUT2D eigenvalue weighted by atomic mass is 16.2. The maximum absolute atomic E-state index is 12.7. The first-order valence-corrected chi connectivity index (χ1v) is 10.5. The van der Waals surface area contributed by atoms with E-state index in [2.05, 4.69) is 33.5 Å². The second-order valence-corrected chi connectivity index (χ2v) is 8.04. The Morgan fingerprint density at radius 3 is 2.70 bits per heavy atom. The lowest BCUT2D eigenvalue weighted by Gasteiger charge is -2.25. The van der Waals surface area contributed by atoms with E-state index in [1.807, 2.05) is 42.5 Å². The van der Waals surface area contributed by atoms with Crippen LogP contribution in [0, 0.1) is 0 Å². The molecule has 1 aliphatic heterocycles. The number of hydrogen-bond acceptors (Lipinski definition) is 3. The first kappa shape index (κ1) is 20.2. The van der Waals surface area contributed by atoms with Gasteiger partial charge in [-0.1, -0.05) is 48.5 Å². The van der Waals surface area contributed by atoms with Gasteiger partial charge in [-0.2, -0.15) is 0 Å². The second kappa shape index (κ2) is 9.13. The predicted molar refractivity (Wildman–Crippen MR) is 118 cm³/mol. The Bertz CT molecular complexity index is 1010. The van der Waals surface area contributed by atoms with Crippen LogP contribution in [0.1, 0.15) is 30.4 Å². The summed E-state index contributed by atoms with van der Waals surface area (Å²) in [6, 6.07) is 17.4. The van der Waals surface area contributed by atoms with Gasteiger partial charge in [0.25, 0.3) is 0 Å². The van der Waals surface area contributed by atoms with Crippen molar-refractivity contribution < 1.29 is 9.59 Å². The van der Waals surface area contributed by atoms with Crippen molar-refractivity contribution in [3.05, 3.63) is 71.9 Å². The molecule has 0 aliphatic carbocycles. The van der Waals surface area contributed by atoms with Crippen molar-refractivity contribution in [1.82, 2.24) is 15.2 Å². The van der Waals surface area contributed by atoms with Crippen LogP contribution in [0.25, 0.3) is 10.9 Å². The van der Waals surface area contributed by atoms with E-state index < -0.39 is 11.9 Å². The molecule has 2 atom stereocenters. The summed E-state index contributed by atoms with van der Waals surface area (Å²) in [4.78, 5) is 30.3. The van der Waals surface area contributed by atoms with Gasteiger partial charge in [0.2, 0.25) is 11.8 Å². The highest BCUT2D eigenvalue weighted by Gasteiger charge is 2.28. The van der Waals surface area contributed by atoms with Gasteiger partial charge >= 0.3 is 0 Å². The van der Waals surface area contributed by atoms with Crippen LogP contribution >= 0.6 is 0 Å². The number of aromatic nitrogens is 1. The van der Waals surface area contributed by atoms with Gasteiger partial charge in [0, 0.05) is 42.5 Å². The average molecular weight is 405 g/mol. The lowest BCUT2D eigenvalue weighted by atomic mass is 10.0. The smallest absolute Gasteiger partial charge is 0.240 e. The molecule has 1 aromatic heterocycles. The standard InChI is InChI=1S/C24H28N4O2/c25-24(30)22(13-17-7-2-1-3-8-17)27-23(29)14-19-9-6-12-28(19)16-18-15-26-21-11-5-4-10-20(18)21/h1-5,7-8,10-11,15,19,22,26H,6,9,12-14,16H2,(H2,25,30)(H,27,29)/t19-,22-/m0/s1. The van der Waals surface area contributed by atoms with E-state index in [0.29, 0.717) is 12.8 Å². The molecular formula is C24H28N4O2. The van der Waals surface area contributed by atoms with Crippen molar-refractivity contribution in [2.75, 3.05) is 6.54 Å². The van der Waals surface area contributed by atoms with Crippen LogP contribution in [-0.4, -0.2) is 40.3 Å². The van der Waals surface area contributed by atoms with E-state index in [9.17, 15) is 9.59 Å². The molecule has 2 amide bonds. The molecule has 1 saturated heterocycles. The fraction of sp³-hybridized carbons (Fsp3) is 0.333. The molecule has 6 heteroatoms. The Balaban J connectivity index is 1.37. The fourth-order valence-electron chi connectivity index (χ4n) is 4.36. The molecule has 30 heavy (non-hydrogen) atoms. The number of fused-ring (bicyclic) bond motifs is 1. The second-order valence-electron chi connectivity index (χ2n) is 8.04. The zero-order valence-corrected chi connectivity index (χ0v) is 17.0.